The van der Waals surface area contributed by atoms with Crippen molar-refractivity contribution in [3.05, 3.63) is 60.2 Å². The third kappa shape index (κ3) is 2.53. The highest BCUT2D eigenvalue weighted by Crippen LogP contribution is 2.39. The molecule has 2 aromatic rings. The summed E-state index contributed by atoms with van der Waals surface area (Å²) in [6.45, 7) is 0. The molecule has 2 N–H and O–H groups in total. The Hall–Kier alpha value is -3.82. The number of nitrogens with zero attached hydrogens (tertiary/aromatic N) is 6. The summed E-state index contributed by atoms with van der Waals surface area (Å²) in [5.41, 5.74) is -2.38. The van der Waals surface area contributed by atoms with E-state index in [0.29, 0.717) is 11.1 Å². The van der Waals surface area contributed by atoms with Crippen LogP contribution in [0.15, 0.2) is 49.1 Å². The number of nitriles is 4. The standard InChI is InChI=1S/C18H12N8/c19-9-17(10-20)15(13-3-1-5-23-7-13)25-18(11-21,12-22)16(26-17)14-4-2-6-24-8-14/h1-8,15-16,25-26H. The molecule has 0 amide bonds. The van der Waals surface area contributed by atoms with Crippen molar-refractivity contribution in [2.75, 3.05) is 0 Å². The monoisotopic (exact) mass is 340 g/mol. The van der Waals surface area contributed by atoms with E-state index in [-0.39, 0.29) is 0 Å². The molecule has 0 aliphatic carbocycles. The second-order valence-electron chi connectivity index (χ2n) is 5.79. The predicted octanol–water partition coefficient (Wildman–Crippen LogP) is 1.02. The molecular weight excluding hydrogens is 328 g/mol. The summed E-state index contributed by atoms with van der Waals surface area (Å²) < 4.78 is 0. The minimum absolute atomic E-state index is 0.516. The summed E-state index contributed by atoms with van der Waals surface area (Å²) in [5.74, 6) is 0. The molecule has 1 aliphatic rings. The molecule has 8 nitrogen and oxygen atoms in total. The van der Waals surface area contributed by atoms with Gasteiger partial charge < -0.3 is 0 Å². The summed E-state index contributed by atoms with van der Waals surface area (Å²) in [4.78, 5) is 8.02. The largest absolute Gasteiger partial charge is 0.275 e. The van der Waals surface area contributed by atoms with Crippen LogP contribution in [-0.4, -0.2) is 21.0 Å². The van der Waals surface area contributed by atoms with E-state index in [1.165, 1.54) is 12.4 Å². The lowest BCUT2D eigenvalue weighted by Gasteiger charge is -2.46. The van der Waals surface area contributed by atoms with E-state index >= 15 is 0 Å². The average Bonchev–Trinajstić information content (AvgIpc) is 2.74. The van der Waals surface area contributed by atoms with E-state index < -0.39 is 23.2 Å². The molecule has 2 unspecified atom stereocenters. The topological polar surface area (TPSA) is 145 Å². The number of hydrogen-bond acceptors (Lipinski definition) is 8. The smallest absolute Gasteiger partial charge is 0.214 e. The molecule has 1 aliphatic heterocycles. The molecule has 3 heterocycles. The van der Waals surface area contributed by atoms with Crippen molar-refractivity contribution < 1.29 is 0 Å². The van der Waals surface area contributed by atoms with E-state index in [4.69, 9.17) is 0 Å². The molecule has 3 rings (SSSR count). The second-order valence-corrected chi connectivity index (χ2v) is 5.79. The Bertz CT molecular complexity index is 849. The molecule has 0 radical (unpaired) electrons. The van der Waals surface area contributed by atoms with E-state index in [2.05, 4.69) is 20.6 Å². The first-order valence-corrected chi connectivity index (χ1v) is 7.65. The van der Waals surface area contributed by atoms with Gasteiger partial charge in [-0.05, 0) is 23.3 Å². The van der Waals surface area contributed by atoms with Gasteiger partial charge in [-0.2, -0.15) is 21.0 Å². The number of pyridine rings is 2. The van der Waals surface area contributed by atoms with Gasteiger partial charge in [0.1, 0.15) is 24.3 Å². The Morgan fingerprint density at radius 2 is 1.12 bits per heavy atom. The van der Waals surface area contributed by atoms with Crippen LogP contribution in [0.2, 0.25) is 0 Å². The quantitative estimate of drug-likeness (QED) is 0.824. The third-order valence-electron chi connectivity index (χ3n) is 4.35. The zero-order valence-electron chi connectivity index (χ0n) is 13.5. The molecule has 8 heteroatoms. The van der Waals surface area contributed by atoms with Gasteiger partial charge in [0.25, 0.3) is 0 Å². The minimum Gasteiger partial charge on any atom is -0.275 e. The molecule has 0 bridgehead atoms. The van der Waals surface area contributed by atoms with Gasteiger partial charge in [-0.25, -0.2) is 0 Å². The van der Waals surface area contributed by atoms with Gasteiger partial charge in [0.15, 0.2) is 0 Å². The first-order chi connectivity index (χ1) is 12.6. The number of aromatic nitrogens is 2. The maximum Gasteiger partial charge on any atom is 0.214 e. The normalized spacial score (nSPS) is 22.8. The lowest BCUT2D eigenvalue weighted by atomic mass is 9.76. The molecule has 1 saturated heterocycles. The van der Waals surface area contributed by atoms with Gasteiger partial charge in [0.05, 0.1) is 12.1 Å². The molecular formula is C18H12N8. The summed E-state index contributed by atoms with van der Waals surface area (Å²) in [5, 5.41) is 45.0. The van der Waals surface area contributed by atoms with Crippen LogP contribution >= 0.6 is 0 Å². The maximum absolute atomic E-state index is 9.78. The van der Waals surface area contributed by atoms with Crippen LogP contribution in [0.3, 0.4) is 0 Å². The van der Waals surface area contributed by atoms with Crippen molar-refractivity contribution in [3.8, 4) is 24.3 Å². The van der Waals surface area contributed by atoms with E-state index in [0.717, 1.165) is 0 Å². The SMILES string of the molecule is N#CC1(C#N)NC(c2cccnc2)C(C#N)(C#N)NC1c1cccnc1. The number of nitrogens with one attached hydrogen (secondary N) is 2. The summed E-state index contributed by atoms with van der Waals surface area (Å²) in [7, 11) is 0. The van der Waals surface area contributed by atoms with Gasteiger partial charge >= 0.3 is 0 Å². The number of rotatable bonds is 2. The van der Waals surface area contributed by atoms with Crippen LogP contribution in [0.25, 0.3) is 0 Å². The number of hydrogen-bond donors (Lipinski definition) is 2. The van der Waals surface area contributed by atoms with Gasteiger partial charge in [-0.1, -0.05) is 12.1 Å². The van der Waals surface area contributed by atoms with Crippen molar-refractivity contribution in [2.24, 2.45) is 0 Å². The summed E-state index contributed by atoms with van der Waals surface area (Å²) in [6, 6.07) is 12.8. The highest BCUT2D eigenvalue weighted by Gasteiger charge is 2.57. The van der Waals surface area contributed by atoms with E-state index in [1.54, 1.807) is 36.7 Å². The molecule has 0 saturated carbocycles. The Labute approximate surface area is 150 Å². The fourth-order valence-electron chi connectivity index (χ4n) is 3.04. The van der Waals surface area contributed by atoms with Gasteiger partial charge in [-0.3, -0.25) is 20.6 Å². The first kappa shape index (κ1) is 17.0. The van der Waals surface area contributed by atoms with Gasteiger partial charge in [0.2, 0.25) is 11.1 Å². The Kier molecular flexibility index (Phi) is 4.31. The van der Waals surface area contributed by atoms with Crippen LogP contribution in [0.5, 0.6) is 0 Å². The Balaban J connectivity index is 2.18. The third-order valence-corrected chi connectivity index (χ3v) is 4.35. The Morgan fingerprint density at radius 1 is 0.731 bits per heavy atom. The molecule has 2 aromatic heterocycles. The molecule has 0 spiro atoms. The molecule has 124 valence electrons. The summed E-state index contributed by atoms with van der Waals surface area (Å²) >= 11 is 0. The van der Waals surface area contributed by atoms with E-state index in [1.807, 2.05) is 24.3 Å². The van der Waals surface area contributed by atoms with Crippen molar-refractivity contribution >= 4 is 0 Å². The lowest BCUT2D eigenvalue weighted by Crippen LogP contribution is -2.69. The average molecular weight is 340 g/mol. The second kappa shape index (κ2) is 6.59. The van der Waals surface area contributed by atoms with Crippen LogP contribution in [0.4, 0.5) is 0 Å². The van der Waals surface area contributed by atoms with Crippen molar-refractivity contribution in [2.45, 2.75) is 23.2 Å². The van der Waals surface area contributed by atoms with Gasteiger partial charge in [0, 0.05) is 24.8 Å². The fourth-order valence-corrected chi connectivity index (χ4v) is 3.04. The maximum atomic E-state index is 9.78. The Morgan fingerprint density at radius 3 is 1.38 bits per heavy atom. The summed E-state index contributed by atoms with van der Waals surface area (Å²) in [6.07, 6.45) is 6.10. The first-order valence-electron chi connectivity index (χ1n) is 7.65. The van der Waals surface area contributed by atoms with Crippen LogP contribution < -0.4 is 10.6 Å². The van der Waals surface area contributed by atoms with Crippen LogP contribution in [-0.2, 0) is 0 Å². The minimum atomic E-state index is -1.71. The molecule has 2 atom stereocenters. The van der Waals surface area contributed by atoms with Crippen LogP contribution in [0, 0.1) is 45.3 Å². The molecule has 26 heavy (non-hydrogen) atoms. The highest BCUT2D eigenvalue weighted by atomic mass is 15.2. The number of piperazine rings is 1. The fraction of sp³-hybridized carbons (Fsp3) is 0.222. The predicted molar refractivity (Wildman–Crippen MR) is 88.1 cm³/mol. The van der Waals surface area contributed by atoms with Crippen molar-refractivity contribution in [3.63, 3.8) is 0 Å². The zero-order valence-corrected chi connectivity index (χ0v) is 13.5. The van der Waals surface area contributed by atoms with Crippen LogP contribution in [0.1, 0.15) is 23.2 Å². The lowest BCUT2D eigenvalue weighted by molar-refractivity contribution is 0.188. The molecule has 0 aromatic carbocycles. The van der Waals surface area contributed by atoms with Crippen molar-refractivity contribution in [1.29, 1.82) is 21.0 Å². The zero-order chi connectivity index (χ0) is 18.6. The highest BCUT2D eigenvalue weighted by molar-refractivity contribution is 5.45. The van der Waals surface area contributed by atoms with E-state index in [9.17, 15) is 21.0 Å². The van der Waals surface area contributed by atoms with Crippen molar-refractivity contribution in [1.82, 2.24) is 20.6 Å². The molecule has 1 fully saturated rings. The van der Waals surface area contributed by atoms with Gasteiger partial charge in [-0.15, -0.1) is 0 Å².